The van der Waals surface area contributed by atoms with Crippen molar-refractivity contribution in [3.8, 4) is 10.6 Å². The molecule has 1 aromatic carbocycles. The molecule has 122 valence electrons. The third-order valence-electron chi connectivity index (χ3n) is 4.26. The topological polar surface area (TPSA) is 59.2 Å². The number of nitrogens with zero attached hydrogens (tertiary/aromatic N) is 2. The van der Waals surface area contributed by atoms with E-state index in [1.807, 2.05) is 31.2 Å². The summed E-state index contributed by atoms with van der Waals surface area (Å²) in [5.74, 6) is -0.203. The molecule has 0 saturated carbocycles. The summed E-state index contributed by atoms with van der Waals surface area (Å²) in [4.78, 5) is 19.7. The molecule has 1 fully saturated rings. The third-order valence-corrected chi connectivity index (χ3v) is 5.70. The fourth-order valence-corrected chi connectivity index (χ4v) is 4.16. The summed E-state index contributed by atoms with van der Waals surface area (Å²) in [6.07, 6.45) is 1.93. The number of hydrogen-bond acceptors (Lipinski definition) is 4. The van der Waals surface area contributed by atoms with E-state index in [0.29, 0.717) is 0 Å². The number of thiazole rings is 1. The van der Waals surface area contributed by atoms with Crippen molar-refractivity contribution in [1.82, 2.24) is 9.88 Å². The van der Waals surface area contributed by atoms with Crippen LogP contribution in [0.1, 0.15) is 23.4 Å². The maximum absolute atomic E-state index is 11.4. The molecule has 1 atom stereocenters. The third kappa shape index (κ3) is 3.91. The van der Waals surface area contributed by atoms with E-state index in [1.54, 1.807) is 11.3 Å². The summed E-state index contributed by atoms with van der Waals surface area (Å²) in [5.41, 5.74) is 7.60. The molecule has 1 saturated heterocycles. The lowest BCUT2D eigenvalue weighted by molar-refractivity contribution is -0.123. The molecule has 1 amide bonds. The Labute approximate surface area is 145 Å². The second-order valence-corrected chi connectivity index (χ2v) is 7.53. The summed E-state index contributed by atoms with van der Waals surface area (Å²) in [6, 6.07) is 7.76. The molecular weight excluding hydrogens is 330 g/mol. The van der Waals surface area contributed by atoms with Crippen LogP contribution in [0.5, 0.6) is 0 Å². The summed E-state index contributed by atoms with van der Waals surface area (Å²) in [5, 5.41) is 1.74. The zero-order valence-corrected chi connectivity index (χ0v) is 14.7. The van der Waals surface area contributed by atoms with Gasteiger partial charge in [-0.1, -0.05) is 23.7 Å². The Hall–Kier alpha value is -1.43. The molecule has 0 bridgehead atoms. The SMILES string of the molecule is Cc1nc(-c2ccc(Cl)cc2)sc1CN1CCCC(C(N)=O)C1. The van der Waals surface area contributed by atoms with Crippen molar-refractivity contribution in [2.45, 2.75) is 26.3 Å². The number of carbonyl (C=O) groups excluding carboxylic acids is 1. The molecule has 1 aliphatic rings. The number of halogens is 1. The lowest BCUT2D eigenvalue weighted by atomic mass is 9.97. The Bertz CT molecular complexity index is 698. The molecule has 6 heteroatoms. The fourth-order valence-electron chi connectivity index (χ4n) is 2.93. The van der Waals surface area contributed by atoms with Crippen LogP contribution >= 0.6 is 22.9 Å². The van der Waals surface area contributed by atoms with E-state index >= 15 is 0 Å². The van der Waals surface area contributed by atoms with E-state index in [9.17, 15) is 4.79 Å². The summed E-state index contributed by atoms with van der Waals surface area (Å²) in [6.45, 7) is 4.64. The minimum absolute atomic E-state index is 0.0206. The number of likely N-dealkylation sites (tertiary alicyclic amines) is 1. The van der Waals surface area contributed by atoms with Crippen LogP contribution in [0.3, 0.4) is 0 Å². The number of benzene rings is 1. The van der Waals surface area contributed by atoms with Crippen LogP contribution in [0, 0.1) is 12.8 Å². The molecule has 0 spiro atoms. The largest absolute Gasteiger partial charge is 0.369 e. The van der Waals surface area contributed by atoms with Crippen molar-refractivity contribution >= 4 is 28.8 Å². The van der Waals surface area contributed by atoms with Crippen LogP contribution in [-0.2, 0) is 11.3 Å². The molecule has 1 unspecified atom stereocenters. The highest BCUT2D eigenvalue weighted by atomic mass is 35.5. The van der Waals surface area contributed by atoms with Crippen molar-refractivity contribution in [2.24, 2.45) is 11.7 Å². The van der Waals surface area contributed by atoms with Gasteiger partial charge in [0.1, 0.15) is 5.01 Å². The number of aromatic nitrogens is 1. The first-order valence-corrected chi connectivity index (χ1v) is 8.96. The predicted molar refractivity (Wildman–Crippen MR) is 94.5 cm³/mol. The number of nitrogens with two attached hydrogens (primary N) is 1. The Kier molecular flexibility index (Phi) is 4.99. The molecule has 23 heavy (non-hydrogen) atoms. The first kappa shape index (κ1) is 16.4. The molecular formula is C17H20ClN3OS. The standard InChI is InChI=1S/C17H20ClN3OS/c1-11-15(10-21-8-2-3-13(9-21)16(19)22)23-17(20-11)12-4-6-14(18)7-5-12/h4-7,13H,2-3,8-10H2,1H3,(H2,19,22). The van der Waals surface area contributed by atoms with E-state index < -0.39 is 0 Å². The number of hydrogen-bond donors (Lipinski definition) is 1. The van der Waals surface area contributed by atoms with Crippen LogP contribution in [0.4, 0.5) is 0 Å². The normalized spacial score (nSPS) is 19.0. The number of primary amides is 1. The lowest BCUT2D eigenvalue weighted by Crippen LogP contribution is -2.40. The minimum Gasteiger partial charge on any atom is -0.369 e. The number of amides is 1. The molecule has 4 nitrogen and oxygen atoms in total. The minimum atomic E-state index is -0.183. The molecule has 1 aliphatic heterocycles. The second kappa shape index (κ2) is 6.99. The summed E-state index contributed by atoms with van der Waals surface area (Å²) >= 11 is 7.65. The monoisotopic (exact) mass is 349 g/mol. The van der Waals surface area contributed by atoms with E-state index in [4.69, 9.17) is 17.3 Å². The Balaban J connectivity index is 1.73. The molecule has 2 heterocycles. The van der Waals surface area contributed by atoms with Gasteiger partial charge in [0.2, 0.25) is 5.91 Å². The zero-order chi connectivity index (χ0) is 16.4. The van der Waals surface area contributed by atoms with Gasteiger partial charge >= 0.3 is 0 Å². The van der Waals surface area contributed by atoms with Crippen LogP contribution < -0.4 is 5.73 Å². The lowest BCUT2D eigenvalue weighted by Gasteiger charge is -2.30. The quantitative estimate of drug-likeness (QED) is 0.919. The van der Waals surface area contributed by atoms with Gasteiger partial charge in [0.25, 0.3) is 0 Å². The Morgan fingerprint density at radius 1 is 1.43 bits per heavy atom. The van der Waals surface area contributed by atoms with Gasteiger partial charge in [0.05, 0.1) is 11.6 Å². The highest BCUT2D eigenvalue weighted by molar-refractivity contribution is 7.15. The Morgan fingerprint density at radius 3 is 2.87 bits per heavy atom. The molecule has 0 radical (unpaired) electrons. The van der Waals surface area contributed by atoms with Crippen molar-refractivity contribution in [2.75, 3.05) is 13.1 Å². The van der Waals surface area contributed by atoms with Crippen LogP contribution in [0.2, 0.25) is 5.02 Å². The van der Waals surface area contributed by atoms with Crippen LogP contribution in [-0.4, -0.2) is 28.9 Å². The van der Waals surface area contributed by atoms with E-state index in [0.717, 1.165) is 53.8 Å². The number of piperidine rings is 1. The van der Waals surface area contributed by atoms with Gasteiger partial charge in [-0.2, -0.15) is 0 Å². The summed E-state index contributed by atoms with van der Waals surface area (Å²) < 4.78 is 0. The highest BCUT2D eigenvalue weighted by Crippen LogP contribution is 2.30. The molecule has 0 aliphatic carbocycles. The van der Waals surface area contributed by atoms with E-state index in [-0.39, 0.29) is 11.8 Å². The average molecular weight is 350 g/mol. The predicted octanol–water partition coefficient (Wildman–Crippen LogP) is 3.47. The maximum atomic E-state index is 11.4. The van der Waals surface area contributed by atoms with Crippen molar-refractivity contribution in [3.63, 3.8) is 0 Å². The molecule has 3 rings (SSSR count). The van der Waals surface area contributed by atoms with E-state index in [2.05, 4.69) is 9.88 Å². The molecule has 2 aromatic rings. The maximum Gasteiger partial charge on any atom is 0.221 e. The van der Waals surface area contributed by atoms with Crippen molar-refractivity contribution in [1.29, 1.82) is 0 Å². The Morgan fingerprint density at radius 2 is 2.17 bits per heavy atom. The van der Waals surface area contributed by atoms with Gasteiger partial charge in [-0.15, -0.1) is 11.3 Å². The van der Waals surface area contributed by atoms with Crippen molar-refractivity contribution in [3.05, 3.63) is 39.9 Å². The number of rotatable bonds is 4. The van der Waals surface area contributed by atoms with Gasteiger partial charge < -0.3 is 5.73 Å². The first-order valence-electron chi connectivity index (χ1n) is 7.77. The van der Waals surface area contributed by atoms with Gasteiger partial charge in [-0.05, 0) is 38.4 Å². The molecule has 1 aromatic heterocycles. The zero-order valence-electron chi connectivity index (χ0n) is 13.1. The van der Waals surface area contributed by atoms with Crippen molar-refractivity contribution < 1.29 is 4.79 Å². The van der Waals surface area contributed by atoms with Gasteiger partial charge in [-0.3, -0.25) is 9.69 Å². The van der Waals surface area contributed by atoms with Gasteiger partial charge in [0, 0.05) is 28.6 Å². The number of carbonyl (C=O) groups is 1. The summed E-state index contributed by atoms with van der Waals surface area (Å²) in [7, 11) is 0. The van der Waals surface area contributed by atoms with E-state index in [1.165, 1.54) is 4.88 Å². The van der Waals surface area contributed by atoms with Gasteiger partial charge in [0.15, 0.2) is 0 Å². The highest BCUT2D eigenvalue weighted by Gasteiger charge is 2.24. The fraction of sp³-hybridized carbons (Fsp3) is 0.412. The smallest absolute Gasteiger partial charge is 0.221 e. The van der Waals surface area contributed by atoms with Crippen LogP contribution in [0.25, 0.3) is 10.6 Å². The van der Waals surface area contributed by atoms with Gasteiger partial charge in [-0.25, -0.2) is 4.98 Å². The number of aryl methyl sites for hydroxylation is 1. The second-order valence-electron chi connectivity index (χ2n) is 6.01. The average Bonchev–Trinajstić information content (AvgIpc) is 2.89. The molecule has 2 N–H and O–H groups in total. The van der Waals surface area contributed by atoms with Crippen LogP contribution in [0.15, 0.2) is 24.3 Å². The first-order chi connectivity index (χ1) is 11.0.